The molecule has 0 saturated carbocycles. The molecule has 0 saturated heterocycles. The molecular weight excluding hydrogens is 336 g/mol. The number of benzene rings is 1. The minimum absolute atomic E-state index is 0.672. The molecule has 0 aromatic heterocycles. The van der Waals surface area contributed by atoms with Crippen LogP contribution in [0.25, 0.3) is 0 Å². The van der Waals surface area contributed by atoms with Gasteiger partial charge in [-0.3, -0.25) is 0 Å². The molecule has 0 radical (unpaired) electrons. The zero-order valence-electron chi connectivity index (χ0n) is 19.6. The molecule has 4 atom stereocenters. The molecule has 0 unspecified atom stereocenters. The fourth-order valence-electron chi connectivity index (χ4n) is 8.40. The van der Waals surface area contributed by atoms with Gasteiger partial charge in [0.2, 0.25) is 0 Å². The second-order valence-corrected chi connectivity index (χ2v) is 11.2. The van der Waals surface area contributed by atoms with E-state index in [-0.39, 0.29) is 0 Å². The van der Waals surface area contributed by atoms with Gasteiger partial charge in [-0.05, 0) is 98.6 Å². The maximum absolute atomic E-state index is 2.48. The Kier molecular flexibility index (Phi) is 3.77. The van der Waals surface area contributed by atoms with Gasteiger partial charge in [-0.1, -0.05) is 50.0 Å². The van der Waals surface area contributed by atoms with Gasteiger partial charge in [-0.15, -0.1) is 0 Å². The fraction of sp³-hybridized carbons (Fsp3) is 0.643. The van der Waals surface area contributed by atoms with Gasteiger partial charge in [-0.2, -0.15) is 0 Å². The Bertz CT molecular complexity index is 820. The molecule has 0 amide bonds. The molecule has 1 aromatic rings. The average molecular weight is 375 g/mol. The predicted molar refractivity (Wildman–Crippen MR) is 120 cm³/mol. The molecule has 0 N–H and O–H groups in total. The van der Waals surface area contributed by atoms with E-state index < -0.39 is 0 Å². The molecule has 0 heteroatoms. The van der Waals surface area contributed by atoms with E-state index in [0.29, 0.717) is 23.7 Å². The Morgan fingerprint density at radius 3 is 0.821 bits per heavy atom. The van der Waals surface area contributed by atoms with Crippen LogP contribution in [0.3, 0.4) is 0 Å². The van der Waals surface area contributed by atoms with E-state index in [0.717, 1.165) is 23.7 Å². The maximum Gasteiger partial charge on any atom is 0.00936 e. The molecular formula is C28H38. The Hall–Kier alpha value is -1.30. The van der Waals surface area contributed by atoms with Gasteiger partial charge in [0.15, 0.2) is 0 Å². The van der Waals surface area contributed by atoms with Crippen LogP contribution in [0.5, 0.6) is 0 Å². The number of hydrogen-bond acceptors (Lipinski definition) is 0. The highest BCUT2D eigenvalue weighted by Crippen LogP contribution is 2.69. The second-order valence-electron chi connectivity index (χ2n) is 11.2. The van der Waals surface area contributed by atoms with Gasteiger partial charge >= 0.3 is 0 Å². The van der Waals surface area contributed by atoms with E-state index in [1.54, 1.807) is 55.7 Å². The fourth-order valence-corrected chi connectivity index (χ4v) is 8.40. The largest absolute Gasteiger partial charge is 0.0659 e. The van der Waals surface area contributed by atoms with Crippen molar-refractivity contribution in [1.29, 1.82) is 0 Å². The van der Waals surface area contributed by atoms with E-state index in [4.69, 9.17) is 0 Å². The summed E-state index contributed by atoms with van der Waals surface area (Å²) in [4.78, 5) is 0. The molecule has 0 fully saturated rings. The van der Waals surface area contributed by atoms with Gasteiger partial charge in [0.1, 0.15) is 0 Å². The minimum atomic E-state index is 0.672. The maximum atomic E-state index is 2.48. The van der Waals surface area contributed by atoms with Crippen LogP contribution in [-0.4, -0.2) is 0 Å². The van der Waals surface area contributed by atoms with Crippen LogP contribution in [0.15, 0.2) is 22.3 Å². The number of fused-ring (bicyclic) bond motifs is 10. The summed E-state index contributed by atoms with van der Waals surface area (Å²) in [7, 11) is 0. The molecule has 0 heterocycles. The van der Waals surface area contributed by atoms with Gasteiger partial charge in [0, 0.05) is 23.7 Å². The Morgan fingerprint density at radius 2 is 0.643 bits per heavy atom. The highest BCUT2D eigenvalue weighted by atomic mass is 14.6. The van der Waals surface area contributed by atoms with Crippen molar-refractivity contribution in [3.63, 3.8) is 0 Å². The molecule has 1 aromatic carbocycles. The van der Waals surface area contributed by atoms with E-state index >= 15 is 0 Å². The lowest BCUT2D eigenvalue weighted by Gasteiger charge is -2.30. The molecule has 0 spiro atoms. The second kappa shape index (κ2) is 5.65. The lowest BCUT2D eigenvalue weighted by atomic mass is 9.74. The average Bonchev–Trinajstić information content (AvgIpc) is 3.29. The van der Waals surface area contributed by atoms with Crippen molar-refractivity contribution >= 4 is 0 Å². The monoisotopic (exact) mass is 374 g/mol. The number of allylic oxidation sites excluding steroid dienone is 4. The summed E-state index contributed by atoms with van der Waals surface area (Å²) in [6.45, 7) is 24.5. The predicted octanol–water partition coefficient (Wildman–Crippen LogP) is 7.91. The molecule has 150 valence electrons. The highest BCUT2D eigenvalue weighted by molar-refractivity contribution is 5.70. The van der Waals surface area contributed by atoms with Gasteiger partial charge in [0.05, 0.1) is 0 Å². The summed E-state index contributed by atoms with van der Waals surface area (Å²) in [6, 6.07) is 0. The Morgan fingerprint density at radius 1 is 0.429 bits per heavy atom. The van der Waals surface area contributed by atoms with E-state index in [1.807, 2.05) is 0 Å². The van der Waals surface area contributed by atoms with Crippen molar-refractivity contribution in [1.82, 2.24) is 0 Å². The third kappa shape index (κ3) is 1.85. The van der Waals surface area contributed by atoms with Crippen LogP contribution in [0.2, 0.25) is 0 Å². The van der Waals surface area contributed by atoms with E-state index in [2.05, 4.69) is 69.2 Å². The van der Waals surface area contributed by atoms with Gasteiger partial charge < -0.3 is 0 Å². The van der Waals surface area contributed by atoms with Crippen LogP contribution in [0.4, 0.5) is 0 Å². The standard InChI is InChI=1S/C28H38/c1-11(2)19-21-13(5)14(6)22(19)26-18(10)28-24-16(8)15(7)23(20(24)12(3)4)27(28)17(9)25(21)26/h11-12,19-24H,1-10H3/t19?,20?,21-,22-,23-,24-/m0/s1. The third-order valence-electron chi connectivity index (χ3n) is 9.63. The number of rotatable bonds is 2. The highest BCUT2D eigenvalue weighted by Gasteiger charge is 2.56. The van der Waals surface area contributed by atoms with Crippen LogP contribution >= 0.6 is 0 Å². The van der Waals surface area contributed by atoms with Crippen LogP contribution in [0, 0.1) is 37.5 Å². The normalized spacial score (nSPS) is 35.1. The zero-order chi connectivity index (χ0) is 20.4. The SMILES string of the molecule is CC1=C(C)[C@@H]2c3c(C)c4c(c(C)c3[C@@H]1C2C(C)C)[C@H]1C(C)=C(C)[C@H]4C1C(C)C. The van der Waals surface area contributed by atoms with Crippen LogP contribution in [0.1, 0.15) is 112 Å². The van der Waals surface area contributed by atoms with Crippen LogP contribution < -0.4 is 0 Å². The van der Waals surface area contributed by atoms with E-state index in [9.17, 15) is 0 Å². The molecule has 0 nitrogen and oxygen atoms in total. The molecule has 28 heavy (non-hydrogen) atoms. The molecule has 5 rings (SSSR count). The zero-order valence-corrected chi connectivity index (χ0v) is 19.6. The summed E-state index contributed by atoms with van der Waals surface area (Å²) >= 11 is 0. The molecule has 4 aliphatic rings. The molecule has 0 aliphatic heterocycles. The van der Waals surface area contributed by atoms with Crippen molar-refractivity contribution in [2.45, 2.75) is 92.9 Å². The summed E-state index contributed by atoms with van der Waals surface area (Å²) < 4.78 is 0. The van der Waals surface area contributed by atoms with Crippen molar-refractivity contribution in [3.8, 4) is 0 Å². The molecule has 4 bridgehead atoms. The first kappa shape index (κ1) is 18.7. The summed E-state index contributed by atoms with van der Waals surface area (Å²) in [5.41, 5.74) is 17.1. The lowest BCUT2D eigenvalue weighted by molar-refractivity contribution is 0.353. The summed E-state index contributed by atoms with van der Waals surface area (Å²) in [5.74, 6) is 5.73. The van der Waals surface area contributed by atoms with Crippen molar-refractivity contribution in [2.75, 3.05) is 0 Å². The van der Waals surface area contributed by atoms with Crippen molar-refractivity contribution < 1.29 is 0 Å². The number of hydrogen-bond donors (Lipinski definition) is 0. The Balaban J connectivity index is 1.80. The van der Waals surface area contributed by atoms with Gasteiger partial charge in [-0.25, -0.2) is 0 Å². The molecule has 4 aliphatic carbocycles. The Labute approximate surface area is 172 Å². The smallest absolute Gasteiger partial charge is 0.00936 e. The first-order chi connectivity index (χ1) is 13.1. The lowest BCUT2D eigenvalue weighted by Crippen LogP contribution is -2.15. The van der Waals surface area contributed by atoms with Crippen molar-refractivity contribution in [2.24, 2.45) is 23.7 Å². The topological polar surface area (TPSA) is 0 Å². The minimum Gasteiger partial charge on any atom is -0.0659 e. The van der Waals surface area contributed by atoms with Crippen molar-refractivity contribution in [3.05, 3.63) is 55.7 Å². The summed E-state index contributed by atoms with van der Waals surface area (Å²) in [6.07, 6.45) is 0. The third-order valence-corrected chi connectivity index (χ3v) is 9.63. The van der Waals surface area contributed by atoms with E-state index in [1.165, 1.54) is 0 Å². The van der Waals surface area contributed by atoms with Gasteiger partial charge in [0.25, 0.3) is 0 Å². The first-order valence-corrected chi connectivity index (χ1v) is 11.6. The summed E-state index contributed by atoms with van der Waals surface area (Å²) in [5, 5.41) is 0. The quantitative estimate of drug-likeness (QED) is 0.461. The first-order valence-electron chi connectivity index (χ1n) is 11.6. The van der Waals surface area contributed by atoms with Crippen LogP contribution in [-0.2, 0) is 0 Å².